The Labute approximate surface area is 168 Å². The number of cyclic esters (lactones) is 2. The third-order valence-corrected chi connectivity index (χ3v) is 5.72. The lowest BCUT2D eigenvalue weighted by Gasteiger charge is -2.32. The number of ether oxygens (including phenoxy) is 2. The molecule has 8 nitrogen and oxygen atoms in total. The highest BCUT2D eigenvalue weighted by molar-refractivity contribution is 7.90. The molecule has 154 valence electrons. The maximum Gasteiger partial charge on any atom is 0.323 e. The molecule has 0 amide bonds. The molecule has 0 unspecified atom stereocenters. The highest BCUT2D eigenvalue weighted by Gasteiger charge is 2.43. The third-order valence-electron chi connectivity index (χ3n) is 4.50. The zero-order valence-corrected chi connectivity index (χ0v) is 17.1. The second-order valence-electron chi connectivity index (χ2n) is 7.29. The number of benzene rings is 1. The summed E-state index contributed by atoms with van der Waals surface area (Å²) in [6, 6.07) is 7.88. The average molecular weight is 419 g/mol. The number of carbonyl (C=O) groups is 3. The number of hydrogen-bond donors (Lipinski definition) is 0. The van der Waals surface area contributed by atoms with Crippen LogP contribution in [0.1, 0.15) is 36.2 Å². The summed E-state index contributed by atoms with van der Waals surface area (Å²) < 4.78 is 36.4. The van der Waals surface area contributed by atoms with Gasteiger partial charge in [-0.2, -0.15) is 0 Å². The number of hydrogen-bond acceptors (Lipinski definition) is 7. The van der Waals surface area contributed by atoms with E-state index in [1.54, 1.807) is 24.3 Å². The summed E-state index contributed by atoms with van der Waals surface area (Å²) in [5.74, 6) is -4.40. The molecule has 1 aromatic carbocycles. The molecule has 3 rings (SSSR count). The predicted octanol–water partition coefficient (Wildman–Crippen LogP) is 1.97. The molecule has 0 spiro atoms. The molecule has 1 saturated heterocycles. The van der Waals surface area contributed by atoms with Crippen molar-refractivity contribution < 1.29 is 32.3 Å². The van der Waals surface area contributed by atoms with Gasteiger partial charge < -0.3 is 9.47 Å². The SMILES string of the molecule is CC1(C)OC(=O)C(CCc2cccc(C(=O)n3cccc3)c2S(C)(=O)=O)C(=O)O1. The third kappa shape index (κ3) is 4.40. The van der Waals surface area contributed by atoms with Gasteiger partial charge in [-0.25, -0.2) is 8.42 Å². The molecule has 1 aromatic heterocycles. The van der Waals surface area contributed by atoms with Crippen LogP contribution in [-0.2, 0) is 35.3 Å². The summed E-state index contributed by atoms with van der Waals surface area (Å²) in [5.41, 5.74) is 0.368. The van der Waals surface area contributed by atoms with Gasteiger partial charge >= 0.3 is 11.9 Å². The molecule has 1 aliphatic heterocycles. The number of aromatic nitrogens is 1. The molecule has 0 N–H and O–H groups in total. The Morgan fingerprint density at radius 3 is 2.21 bits per heavy atom. The van der Waals surface area contributed by atoms with Crippen LogP contribution in [0, 0.1) is 5.92 Å². The predicted molar refractivity (Wildman–Crippen MR) is 102 cm³/mol. The fourth-order valence-electron chi connectivity index (χ4n) is 3.28. The number of rotatable bonds is 5. The minimum absolute atomic E-state index is 0.00255. The molecule has 2 aromatic rings. The lowest BCUT2D eigenvalue weighted by molar-refractivity contribution is -0.240. The van der Waals surface area contributed by atoms with Crippen LogP contribution in [0.15, 0.2) is 47.6 Å². The largest absolute Gasteiger partial charge is 0.422 e. The van der Waals surface area contributed by atoms with Crippen molar-refractivity contribution in [3.05, 3.63) is 53.9 Å². The lowest BCUT2D eigenvalue weighted by atomic mass is 9.97. The number of carbonyl (C=O) groups excluding carboxylic acids is 3. The van der Waals surface area contributed by atoms with Crippen molar-refractivity contribution in [3.63, 3.8) is 0 Å². The number of nitrogens with zero attached hydrogens (tertiary/aromatic N) is 1. The zero-order valence-electron chi connectivity index (χ0n) is 16.2. The Balaban J connectivity index is 1.92. The van der Waals surface area contributed by atoms with Crippen LogP contribution in [0.3, 0.4) is 0 Å². The maximum absolute atomic E-state index is 12.8. The van der Waals surface area contributed by atoms with Gasteiger partial charge in [0.05, 0.1) is 10.5 Å². The lowest BCUT2D eigenvalue weighted by Crippen LogP contribution is -2.46. The van der Waals surface area contributed by atoms with Gasteiger partial charge in [0, 0.05) is 32.5 Å². The van der Waals surface area contributed by atoms with E-state index >= 15 is 0 Å². The minimum atomic E-state index is -3.77. The van der Waals surface area contributed by atoms with Crippen molar-refractivity contribution >= 4 is 27.7 Å². The summed E-state index contributed by atoms with van der Waals surface area (Å²) in [6.45, 7) is 2.91. The summed E-state index contributed by atoms with van der Waals surface area (Å²) in [5, 5.41) is 0. The van der Waals surface area contributed by atoms with E-state index in [9.17, 15) is 22.8 Å². The van der Waals surface area contributed by atoms with E-state index in [0.717, 1.165) is 6.26 Å². The molecule has 0 saturated carbocycles. The molecule has 1 aliphatic rings. The standard InChI is InChI=1S/C20H21NO7S/c1-20(2)27-18(23)15(19(24)28-20)10-9-13-7-6-8-14(16(13)29(3,25)26)17(22)21-11-4-5-12-21/h4-8,11-12,15H,9-10H2,1-3H3. The van der Waals surface area contributed by atoms with Crippen LogP contribution in [0.25, 0.3) is 0 Å². The Bertz CT molecular complexity index is 1050. The number of aryl methyl sites for hydroxylation is 1. The van der Waals surface area contributed by atoms with Crippen molar-refractivity contribution in [2.24, 2.45) is 5.92 Å². The van der Waals surface area contributed by atoms with Crippen molar-refractivity contribution in [1.29, 1.82) is 0 Å². The smallest absolute Gasteiger partial charge is 0.323 e. The highest BCUT2D eigenvalue weighted by atomic mass is 32.2. The van der Waals surface area contributed by atoms with Crippen molar-refractivity contribution in [2.75, 3.05) is 6.26 Å². The number of esters is 2. The van der Waals surface area contributed by atoms with E-state index in [1.807, 2.05) is 0 Å². The highest BCUT2D eigenvalue weighted by Crippen LogP contribution is 2.28. The second kappa shape index (κ2) is 7.47. The topological polar surface area (TPSA) is 109 Å². The van der Waals surface area contributed by atoms with E-state index in [0.29, 0.717) is 5.56 Å². The molecule has 9 heteroatoms. The van der Waals surface area contributed by atoms with Crippen LogP contribution in [0.2, 0.25) is 0 Å². The van der Waals surface area contributed by atoms with Gasteiger partial charge in [0.1, 0.15) is 0 Å². The van der Waals surface area contributed by atoms with Gasteiger partial charge in [0.2, 0.25) is 0 Å². The first kappa shape index (κ1) is 20.8. The molecule has 0 aliphatic carbocycles. The molecule has 29 heavy (non-hydrogen) atoms. The maximum atomic E-state index is 12.8. The van der Waals surface area contributed by atoms with Crippen LogP contribution >= 0.6 is 0 Å². The first-order valence-corrected chi connectivity index (χ1v) is 10.8. The van der Waals surface area contributed by atoms with Crippen molar-refractivity contribution in [3.8, 4) is 0 Å². The van der Waals surface area contributed by atoms with Gasteiger partial charge in [-0.05, 0) is 36.6 Å². The molecular formula is C20H21NO7S. The van der Waals surface area contributed by atoms with Crippen molar-refractivity contribution in [1.82, 2.24) is 4.57 Å². The molecule has 1 fully saturated rings. The summed E-state index contributed by atoms with van der Waals surface area (Å²) >= 11 is 0. The minimum Gasteiger partial charge on any atom is -0.422 e. The van der Waals surface area contributed by atoms with Gasteiger partial charge in [0.15, 0.2) is 15.8 Å². The molecule has 0 radical (unpaired) electrons. The van der Waals surface area contributed by atoms with Crippen LogP contribution in [-0.4, -0.2) is 42.9 Å². The van der Waals surface area contributed by atoms with Gasteiger partial charge in [0.25, 0.3) is 11.7 Å². The first-order valence-electron chi connectivity index (χ1n) is 8.95. The Morgan fingerprint density at radius 1 is 1.07 bits per heavy atom. The number of sulfone groups is 1. The summed E-state index contributed by atoms with van der Waals surface area (Å²) in [4.78, 5) is 37.0. The first-order chi connectivity index (χ1) is 13.5. The van der Waals surface area contributed by atoms with Gasteiger partial charge in [-0.15, -0.1) is 0 Å². The second-order valence-corrected chi connectivity index (χ2v) is 9.25. The average Bonchev–Trinajstić information content (AvgIpc) is 3.12. The van der Waals surface area contributed by atoms with Gasteiger partial charge in [-0.3, -0.25) is 19.0 Å². The van der Waals surface area contributed by atoms with E-state index < -0.39 is 39.4 Å². The van der Waals surface area contributed by atoms with E-state index in [2.05, 4.69) is 0 Å². The van der Waals surface area contributed by atoms with E-state index in [1.165, 1.54) is 36.9 Å². The Hall–Kier alpha value is -2.94. The molecule has 0 bridgehead atoms. The van der Waals surface area contributed by atoms with Crippen LogP contribution < -0.4 is 0 Å². The fourth-order valence-corrected chi connectivity index (χ4v) is 4.48. The van der Waals surface area contributed by atoms with E-state index in [-0.39, 0.29) is 23.3 Å². The quantitative estimate of drug-likeness (QED) is 0.538. The summed E-state index contributed by atoms with van der Waals surface area (Å²) in [7, 11) is -3.77. The molecule has 0 atom stereocenters. The molecular weight excluding hydrogens is 398 g/mol. The van der Waals surface area contributed by atoms with Crippen molar-refractivity contribution in [2.45, 2.75) is 37.4 Å². The monoisotopic (exact) mass is 419 g/mol. The van der Waals surface area contributed by atoms with Crippen LogP contribution in [0.5, 0.6) is 0 Å². The molecule has 2 heterocycles. The fraction of sp³-hybridized carbons (Fsp3) is 0.350. The Morgan fingerprint density at radius 2 is 1.66 bits per heavy atom. The van der Waals surface area contributed by atoms with Gasteiger partial charge in [-0.1, -0.05) is 12.1 Å². The Kier molecular flexibility index (Phi) is 5.36. The summed E-state index contributed by atoms with van der Waals surface area (Å²) in [6.07, 6.45) is 4.14. The van der Waals surface area contributed by atoms with Crippen LogP contribution in [0.4, 0.5) is 0 Å². The zero-order chi connectivity index (χ0) is 21.4. The van der Waals surface area contributed by atoms with E-state index in [4.69, 9.17) is 9.47 Å². The normalized spacial score (nSPS) is 16.9.